The highest BCUT2D eigenvalue weighted by Gasteiger charge is 2.13. The molecule has 3 aromatic rings. The summed E-state index contributed by atoms with van der Waals surface area (Å²) in [5, 5.41) is 30.1. The second-order valence-electron chi connectivity index (χ2n) is 5.17. The summed E-state index contributed by atoms with van der Waals surface area (Å²) in [6.07, 6.45) is 3.07. The molecule has 0 radical (unpaired) electrons. The normalized spacial score (nSPS) is 10.8. The quantitative estimate of drug-likeness (QED) is 0.498. The van der Waals surface area contributed by atoms with E-state index in [0.717, 1.165) is 16.6 Å². The number of rotatable bonds is 5. The van der Waals surface area contributed by atoms with E-state index in [0.29, 0.717) is 24.0 Å². The zero-order valence-corrected chi connectivity index (χ0v) is 12.4. The van der Waals surface area contributed by atoms with Gasteiger partial charge in [0, 0.05) is 22.8 Å². The van der Waals surface area contributed by atoms with Crippen molar-refractivity contribution in [3.63, 3.8) is 0 Å². The predicted molar refractivity (Wildman–Crippen MR) is 86.6 cm³/mol. The Kier molecular flexibility index (Phi) is 4.30. The van der Waals surface area contributed by atoms with Crippen LogP contribution in [-0.4, -0.2) is 27.1 Å². The van der Waals surface area contributed by atoms with Gasteiger partial charge in [-0.2, -0.15) is 0 Å². The molecular weight excluding hydrogens is 294 g/mol. The Bertz CT molecular complexity index is 818. The number of phenols is 2. The van der Waals surface area contributed by atoms with Crippen LogP contribution >= 0.6 is 0 Å². The summed E-state index contributed by atoms with van der Waals surface area (Å²) in [7, 11) is 0. The van der Waals surface area contributed by atoms with Crippen molar-refractivity contribution in [2.75, 3.05) is 6.79 Å². The fourth-order valence-electron chi connectivity index (χ4n) is 2.68. The molecule has 0 amide bonds. The third kappa shape index (κ3) is 3.05. The first-order valence-electron chi connectivity index (χ1n) is 7.31. The monoisotopic (exact) mass is 311 g/mol. The van der Waals surface area contributed by atoms with Gasteiger partial charge in [-0.3, -0.25) is 4.98 Å². The molecule has 118 valence electrons. The Balaban J connectivity index is 2.04. The first kappa shape index (κ1) is 15.1. The molecule has 0 saturated carbocycles. The summed E-state index contributed by atoms with van der Waals surface area (Å²) >= 11 is 0. The lowest BCUT2D eigenvalue weighted by atomic mass is 9.98. The van der Waals surface area contributed by atoms with Gasteiger partial charge in [-0.25, -0.2) is 0 Å². The molecule has 0 aliphatic heterocycles. The summed E-state index contributed by atoms with van der Waals surface area (Å²) < 4.78 is 5.29. The number of benzene rings is 2. The van der Waals surface area contributed by atoms with Gasteiger partial charge < -0.3 is 20.1 Å². The second kappa shape index (κ2) is 6.54. The molecule has 0 unspecified atom stereocenters. The zero-order chi connectivity index (χ0) is 16.2. The first-order valence-corrected chi connectivity index (χ1v) is 7.31. The molecule has 2 aromatic carbocycles. The fourth-order valence-corrected chi connectivity index (χ4v) is 2.68. The van der Waals surface area contributed by atoms with Crippen molar-refractivity contribution in [2.45, 2.75) is 12.8 Å². The van der Waals surface area contributed by atoms with E-state index in [1.807, 2.05) is 18.2 Å². The maximum absolute atomic E-state index is 10.0. The number of pyridine rings is 1. The molecule has 1 heterocycles. The van der Waals surface area contributed by atoms with Crippen molar-refractivity contribution in [1.29, 1.82) is 0 Å². The minimum Gasteiger partial charge on any atom is -0.504 e. The van der Waals surface area contributed by atoms with Gasteiger partial charge in [0.2, 0.25) is 0 Å². The lowest BCUT2D eigenvalue weighted by molar-refractivity contribution is 0.0977. The van der Waals surface area contributed by atoms with Gasteiger partial charge in [0.25, 0.3) is 0 Å². The van der Waals surface area contributed by atoms with Crippen LogP contribution in [0.2, 0.25) is 0 Å². The van der Waals surface area contributed by atoms with Crippen LogP contribution in [0.4, 0.5) is 0 Å². The molecule has 0 aliphatic rings. The number of hydrogen-bond donors (Lipinski definition) is 3. The fraction of sp³-hybridized carbons (Fsp3) is 0.167. The maximum Gasteiger partial charge on any atom is 0.186 e. The number of aromatic nitrogens is 1. The zero-order valence-electron chi connectivity index (χ0n) is 12.4. The van der Waals surface area contributed by atoms with Crippen LogP contribution in [0.3, 0.4) is 0 Å². The van der Waals surface area contributed by atoms with Crippen molar-refractivity contribution in [1.82, 2.24) is 4.98 Å². The third-order valence-electron chi connectivity index (χ3n) is 3.80. The lowest BCUT2D eigenvalue weighted by Gasteiger charge is -2.14. The van der Waals surface area contributed by atoms with E-state index in [2.05, 4.69) is 4.98 Å². The summed E-state index contributed by atoms with van der Waals surface area (Å²) in [5.41, 5.74) is 1.81. The summed E-state index contributed by atoms with van der Waals surface area (Å²) in [6, 6.07) is 12.3. The van der Waals surface area contributed by atoms with Crippen LogP contribution in [-0.2, 0) is 12.8 Å². The number of aryl methyl sites for hydroxylation is 2. The van der Waals surface area contributed by atoms with Crippen LogP contribution in [0.5, 0.6) is 17.2 Å². The number of aliphatic hydroxyl groups excluding tert-OH is 1. The molecule has 0 saturated heterocycles. The molecule has 0 aliphatic carbocycles. The van der Waals surface area contributed by atoms with E-state index in [1.54, 1.807) is 24.4 Å². The highest BCUT2D eigenvalue weighted by molar-refractivity contribution is 5.94. The maximum atomic E-state index is 10.0. The SMILES string of the molecule is OCOc1ccc2c(O)c(O)ccc2c1CCc1ccccn1. The van der Waals surface area contributed by atoms with E-state index >= 15 is 0 Å². The van der Waals surface area contributed by atoms with Crippen molar-refractivity contribution in [3.05, 3.63) is 59.9 Å². The molecule has 5 heteroatoms. The number of hydrogen-bond acceptors (Lipinski definition) is 5. The molecular formula is C18H17NO4. The van der Waals surface area contributed by atoms with Gasteiger partial charge >= 0.3 is 0 Å². The van der Waals surface area contributed by atoms with Gasteiger partial charge in [-0.15, -0.1) is 0 Å². The Morgan fingerprint density at radius 3 is 2.48 bits per heavy atom. The number of aliphatic hydroxyl groups is 1. The standard InChI is InChI=1S/C18H17NO4/c20-11-23-17-9-7-15-13(6-8-16(21)18(15)22)14(17)5-4-12-3-1-2-10-19-12/h1-3,6-10,20-22H,4-5,11H2. The second-order valence-corrected chi connectivity index (χ2v) is 5.17. The van der Waals surface area contributed by atoms with Gasteiger partial charge in [-0.05, 0) is 48.6 Å². The summed E-state index contributed by atoms with van der Waals surface area (Å²) in [6.45, 7) is -0.424. The highest BCUT2D eigenvalue weighted by atomic mass is 16.6. The van der Waals surface area contributed by atoms with Crippen molar-refractivity contribution in [3.8, 4) is 17.2 Å². The minimum absolute atomic E-state index is 0.155. The Hall–Kier alpha value is -2.79. The van der Waals surface area contributed by atoms with Gasteiger partial charge in [-0.1, -0.05) is 12.1 Å². The topological polar surface area (TPSA) is 82.8 Å². The Morgan fingerprint density at radius 2 is 1.74 bits per heavy atom. The molecule has 0 fully saturated rings. The van der Waals surface area contributed by atoms with Crippen molar-refractivity contribution < 1.29 is 20.1 Å². The van der Waals surface area contributed by atoms with Gasteiger partial charge in [0.1, 0.15) is 5.75 Å². The molecule has 3 N–H and O–H groups in total. The Labute approximate surface area is 133 Å². The minimum atomic E-state index is -0.424. The van der Waals surface area contributed by atoms with E-state index in [-0.39, 0.29) is 11.5 Å². The van der Waals surface area contributed by atoms with Crippen LogP contribution in [0.1, 0.15) is 11.3 Å². The molecule has 0 atom stereocenters. The predicted octanol–water partition coefficient (Wildman–Crippen LogP) is 2.76. The van der Waals surface area contributed by atoms with Crippen molar-refractivity contribution >= 4 is 10.8 Å². The van der Waals surface area contributed by atoms with E-state index in [1.165, 1.54) is 6.07 Å². The average Bonchev–Trinajstić information content (AvgIpc) is 2.58. The lowest BCUT2D eigenvalue weighted by Crippen LogP contribution is -2.02. The summed E-state index contributed by atoms with van der Waals surface area (Å²) in [4.78, 5) is 4.30. The molecule has 5 nitrogen and oxygen atoms in total. The van der Waals surface area contributed by atoms with Gasteiger partial charge in [0.05, 0.1) is 0 Å². The number of phenolic OH excluding ortho intramolecular Hbond substituents is 2. The summed E-state index contributed by atoms with van der Waals surface area (Å²) in [5.74, 6) is 0.238. The average molecular weight is 311 g/mol. The highest BCUT2D eigenvalue weighted by Crippen LogP contribution is 2.38. The smallest absolute Gasteiger partial charge is 0.186 e. The number of fused-ring (bicyclic) bond motifs is 1. The first-order chi connectivity index (χ1) is 11.2. The molecule has 0 bridgehead atoms. The van der Waals surface area contributed by atoms with Crippen LogP contribution in [0.25, 0.3) is 10.8 Å². The van der Waals surface area contributed by atoms with Gasteiger partial charge in [0.15, 0.2) is 18.3 Å². The molecule has 0 spiro atoms. The molecule has 1 aromatic heterocycles. The molecule has 3 rings (SSSR count). The Morgan fingerprint density at radius 1 is 0.913 bits per heavy atom. The van der Waals surface area contributed by atoms with Crippen LogP contribution in [0.15, 0.2) is 48.7 Å². The number of ether oxygens (including phenoxy) is 1. The number of aromatic hydroxyl groups is 2. The van der Waals surface area contributed by atoms with E-state index < -0.39 is 6.79 Å². The van der Waals surface area contributed by atoms with Crippen LogP contribution in [0, 0.1) is 0 Å². The largest absolute Gasteiger partial charge is 0.504 e. The van der Waals surface area contributed by atoms with Crippen molar-refractivity contribution in [2.24, 2.45) is 0 Å². The number of nitrogens with zero attached hydrogens (tertiary/aromatic N) is 1. The van der Waals surface area contributed by atoms with E-state index in [4.69, 9.17) is 9.84 Å². The van der Waals surface area contributed by atoms with Crippen LogP contribution < -0.4 is 4.74 Å². The molecule has 23 heavy (non-hydrogen) atoms. The van der Waals surface area contributed by atoms with E-state index in [9.17, 15) is 10.2 Å². The third-order valence-corrected chi connectivity index (χ3v) is 3.80.